The molecule has 0 bridgehead atoms. The van der Waals surface area contributed by atoms with Crippen LogP contribution >= 0.6 is 0 Å². The number of rotatable bonds is 30. The number of aliphatic carboxylic acids is 1. The third-order valence-corrected chi connectivity index (χ3v) is 4.93. The zero-order valence-electron chi connectivity index (χ0n) is 24.9. The summed E-state index contributed by atoms with van der Waals surface area (Å²) >= 11 is 0. The first-order valence-corrected chi connectivity index (χ1v) is 14.1. The molecule has 1 aromatic rings. The summed E-state index contributed by atoms with van der Waals surface area (Å²) in [5.74, 6) is -0.937. The van der Waals surface area contributed by atoms with Crippen LogP contribution in [0, 0.1) is 0 Å². The maximum absolute atomic E-state index is 11.3. The highest BCUT2D eigenvalue weighted by atomic mass is 16.6. The standard InChI is InChI=1S/C28H46N2O13/c1-24(31)30-25-2-4-26(5-3-25)43-21-20-41-19-18-40-17-16-39-15-14-38-13-12-37-11-10-36-9-8-35-7-6-29-27(32)22-42-23-28(33)34/h2-5H,6-23H2,1H3,(H,29,32)(H,30,31)(H,33,34). The first-order chi connectivity index (χ1) is 21.0. The first kappa shape index (κ1) is 38.1. The van der Waals surface area contributed by atoms with E-state index in [9.17, 15) is 14.4 Å². The maximum atomic E-state index is 11.3. The van der Waals surface area contributed by atoms with Gasteiger partial charge in [-0.05, 0) is 24.3 Å². The lowest BCUT2D eigenvalue weighted by atomic mass is 10.3. The lowest BCUT2D eigenvalue weighted by Gasteiger charge is -2.09. The van der Waals surface area contributed by atoms with E-state index < -0.39 is 18.5 Å². The maximum Gasteiger partial charge on any atom is 0.329 e. The van der Waals surface area contributed by atoms with Crippen LogP contribution in [0.4, 0.5) is 5.69 Å². The van der Waals surface area contributed by atoms with E-state index in [0.717, 1.165) is 5.69 Å². The molecule has 3 N–H and O–H groups in total. The molecule has 0 fully saturated rings. The molecule has 0 atom stereocenters. The highest BCUT2D eigenvalue weighted by molar-refractivity contribution is 5.88. The molecule has 246 valence electrons. The number of carboxylic acids is 1. The fourth-order valence-corrected chi connectivity index (χ4v) is 3.02. The number of hydrogen-bond donors (Lipinski definition) is 3. The topological polar surface area (TPSA) is 179 Å². The minimum atomic E-state index is -1.13. The van der Waals surface area contributed by atoms with Crippen LogP contribution in [0.15, 0.2) is 24.3 Å². The molecule has 0 spiro atoms. The van der Waals surface area contributed by atoms with Crippen molar-refractivity contribution in [1.82, 2.24) is 5.32 Å². The van der Waals surface area contributed by atoms with Gasteiger partial charge in [0.25, 0.3) is 0 Å². The molecule has 1 aromatic carbocycles. The molecule has 0 saturated carbocycles. The summed E-state index contributed by atoms with van der Waals surface area (Å²) in [5.41, 5.74) is 0.722. The average Bonchev–Trinajstić information content (AvgIpc) is 2.97. The predicted molar refractivity (Wildman–Crippen MR) is 153 cm³/mol. The second kappa shape index (κ2) is 27.9. The molecule has 43 heavy (non-hydrogen) atoms. The number of ether oxygens (including phenoxy) is 9. The van der Waals surface area contributed by atoms with Crippen molar-refractivity contribution in [3.05, 3.63) is 24.3 Å². The highest BCUT2D eigenvalue weighted by Gasteiger charge is 2.03. The number of carbonyl (C=O) groups is 3. The normalized spacial score (nSPS) is 10.9. The van der Waals surface area contributed by atoms with Crippen LogP contribution in [0.1, 0.15) is 6.92 Å². The molecule has 0 aliphatic rings. The van der Waals surface area contributed by atoms with Crippen molar-refractivity contribution < 1.29 is 62.1 Å². The van der Waals surface area contributed by atoms with Crippen LogP contribution in [0.5, 0.6) is 5.75 Å². The lowest BCUT2D eigenvalue weighted by Crippen LogP contribution is -2.31. The monoisotopic (exact) mass is 618 g/mol. The number of carboxylic acid groups (broad SMARTS) is 1. The van der Waals surface area contributed by atoms with Crippen LogP contribution < -0.4 is 15.4 Å². The Bertz CT molecular complexity index is 842. The van der Waals surface area contributed by atoms with Gasteiger partial charge in [-0.3, -0.25) is 9.59 Å². The Balaban J connectivity index is 1.71. The van der Waals surface area contributed by atoms with Gasteiger partial charge in [-0.25, -0.2) is 4.79 Å². The molecule has 0 radical (unpaired) electrons. The molecule has 0 heterocycles. The van der Waals surface area contributed by atoms with Gasteiger partial charge in [0.05, 0.1) is 92.5 Å². The quantitative estimate of drug-likeness (QED) is 0.101. The number of hydrogen-bond acceptors (Lipinski definition) is 12. The Hall–Kier alpha value is -2.89. The molecular weight excluding hydrogens is 572 g/mol. The molecule has 0 aromatic heterocycles. The van der Waals surface area contributed by atoms with Crippen molar-refractivity contribution >= 4 is 23.5 Å². The van der Waals surface area contributed by atoms with E-state index in [1.54, 1.807) is 24.3 Å². The van der Waals surface area contributed by atoms with Crippen molar-refractivity contribution in [3.8, 4) is 5.75 Å². The van der Waals surface area contributed by atoms with Crippen molar-refractivity contribution in [2.75, 3.05) is 124 Å². The van der Waals surface area contributed by atoms with Gasteiger partial charge in [-0.1, -0.05) is 0 Å². The Kier molecular flexibility index (Phi) is 24.8. The fourth-order valence-electron chi connectivity index (χ4n) is 3.02. The van der Waals surface area contributed by atoms with Crippen LogP contribution in [-0.2, 0) is 52.3 Å². The summed E-state index contributed by atoms with van der Waals surface area (Å²) in [5, 5.41) is 13.7. The third-order valence-electron chi connectivity index (χ3n) is 4.93. The fraction of sp³-hybridized carbons (Fsp3) is 0.679. The van der Waals surface area contributed by atoms with E-state index in [-0.39, 0.29) is 12.5 Å². The number of benzene rings is 1. The molecule has 1 rings (SSSR count). The van der Waals surface area contributed by atoms with Crippen molar-refractivity contribution in [1.29, 1.82) is 0 Å². The summed E-state index contributed by atoms with van der Waals surface area (Å²) in [6.45, 7) is 7.47. The second-order valence-corrected chi connectivity index (χ2v) is 8.58. The van der Waals surface area contributed by atoms with Gasteiger partial charge in [0, 0.05) is 19.2 Å². The Morgan fingerprint density at radius 2 is 1.00 bits per heavy atom. The zero-order valence-corrected chi connectivity index (χ0v) is 24.9. The van der Waals surface area contributed by atoms with Crippen LogP contribution in [0.25, 0.3) is 0 Å². The van der Waals surface area contributed by atoms with E-state index >= 15 is 0 Å². The van der Waals surface area contributed by atoms with Crippen LogP contribution in [0.3, 0.4) is 0 Å². The Morgan fingerprint density at radius 1 is 0.581 bits per heavy atom. The van der Waals surface area contributed by atoms with E-state index in [1.807, 2.05) is 0 Å². The number of amides is 2. The minimum absolute atomic E-state index is 0.117. The van der Waals surface area contributed by atoms with E-state index in [1.165, 1.54) is 6.92 Å². The zero-order chi connectivity index (χ0) is 31.2. The predicted octanol–water partition coefficient (Wildman–Crippen LogP) is 0.357. The molecule has 15 nitrogen and oxygen atoms in total. The Labute approximate surface area is 252 Å². The average molecular weight is 619 g/mol. The summed E-state index contributed by atoms with van der Waals surface area (Å²) in [6.07, 6.45) is 0. The molecule has 0 saturated heterocycles. The van der Waals surface area contributed by atoms with Crippen LogP contribution in [-0.4, -0.2) is 142 Å². The van der Waals surface area contributed by atoms with Crippen molar-refractivity contribution in [2.45, 2.75) is 6.92 Å². The summed E-state index contributed by atoms with van der Waals surface area (Å²) in [6, 6.07) is 7.13. The van der Waals surface area contributed by atoms with Gasteiger partial charge in [0.15, 0.2) is 0 Å². The first-order valence-electron chi connectivity index (χ1n) is 14.1. The van der Waals surface area contributed by atoms with Gasteiger partial charge >= 0.3 is 5.97 Å². The highest BCUT2D eigenvalue weighted by Crippen LogP contribution is 2.15. The van der Waals surface area contributed by atoms with Crippen LogP contribution in [0.2, 0.25) is 0 Å². The summed E-state index contributed by atoms with van der Waals surface area (Å²) < 4.78 is 48.2. The van der Waals surface area contributed by atoms with Gasteiger partial charge in [-0.2, -0.15) is 0 Å². The summed E-state index contributed by atoms with van der Waals surface area (Å²) in [7, 11) is 0. The number of anilines is 1. The van der Waals surface area contributed by atoms with E-state index in [4.69, 9.17) is 43.0 Å². The second-order valence-electron chi connectivity index (χ2n) is 8.58. The van der Waals surface area contributed by atoms with E-state index in [2.05, 4.69) is 15.4 Å². The number of nitrogens with one attached hydrogen (secondary N) is 2. The Morgan fingerprint density at radius 3 is 1.42 bits per heavy atom. The summed E-state index contributed by atoms with van der Waals surface area (Å²) in [4.78, 5) is 32.6. The van der Waals surface area contributed by atoms with Gasteiger partial charge in [0.2, 0.25) is 11.8 Å². The minimum Gasteiger partial charge on any atom is -0.491 e. The SMILES string of the molecule is CC(=O)Nc1ccc(OCCOCCOCCOCCOCCOCCOCCOCCNC(=O)COCC(=O)O)cc1. The van der Waals surface area contributed by atoms with E-state index in [0.29, 0.717) is 111 Å². The molecule has 0 aliphatic carbocycles. The molecule has 2 amide bonds. The molecule has 0 unspecified atom stereocenters. The van der Waals surface area contributed by atoms with Gasteiger partial charge < -0.3 is 58.4 Å². The molecule has 15 heteroatoms. The van der Waals surface area contributed by atoms with Crippen molar-refractivity contribution in [3.63, 3.8) is 0 Å². The molecule has 0 aliphatic heterocycles. The lowest BCUT2D eigenvalue weighted by molar-refractivity contribution is -0.143. The smallest absolute Gasteiger partial charge is 0.329 e. The number of carbonyl (C=O) groups excluding carboxylic acids is 2. The largest absolute Gasteiger partial charge is 0.491 e. The molecular formula is C28H46N2O13. The van der Waals surface area contributed by atoms with Crippen molar-refractivity contribution in [2.24, 2.45) is 0 Å². The van der Waals surface area contributed by atoms with Gasteiger partial charge in [0.1, 0.15) is 25.6 Å². The third kappa shape index (κ3) is 26.5. The van der Waals surface area contributed by atoms with Gasteiger partial charge in [-0.15, -0.1) is 0 Å².